The van der Waals surface area contributed by atoms with E-state index in [4.69, 9.17) is 11.6 Å². The third kappa shape index (κ3) is 2.08. The molecule has 0 radical (unpaired) electrons. The molecule has 0 N–H and O–H groups in total. The number of hydrogen-bond donors (Lipinski definition) is 0. The van der Waals surface area contributed by atoms with E-state index in [0.717, 1.165) is 27.1 Å². The van der Waals surface area contributed by atoms with E-state index in [0.29, 0.717) is 6.04 Å². The largest absolute Gasteiger partial charge is 0.343 e. The number of nitrogens with zero attached hydrogens (tertiary/aromatic N) is 3. The van der Waals surface area contributed by atoms with E-state index in [1.165, 1.54) is 5.56 Å². The van der Waals surface area contributed by atoms with E-state index in [2.05, 4.69) is 47.4 Å². The number of aryl methyl sites for hydroxylation is 1. The smallest absolute Gasteiger partial charge is 0.115 e. The molecular formula is C16H16ClN3. The molecule has 0 amide bonds. The van der Waals surface area contributed by atoms with E-state index >= 15 is 0 Å². The molecule has 0 bridgehead atoms. The number of aromatic nitrogens is 3. The SMILES string of the molecule is Cc1cc(-c2cncnc2)c2c(c1)c(Cl)cn2C(C)C. The molecule has 0 unspecified atom stereocenters. The highest BCUT2D eigenvalue weighted by Gasteiger charge is 2.15. The van der Waals surface area contributed by atoms with E-state index in [1.54, 1.807) is 6.33 Å². The minimum atomic E-state index is 0.344. The molecule has 3 aromatic rings. The summed E-state index contributed by atoms with van der Waals surface area (Å²) in [5.74, 6) is 0. The average molecular weight is 286 g/mol. The highest BCUT2D eigenvalue weighted by Crippen LogP contribution is 2.36. The van der Waals surface area contributed by atoms with Gasteiger partial charge in [-0.2, -0.15) is 0 Å². The van der Waals surface area contributed by atoms with Gasteiger partial charge in [-0.1, -0.05) is 11.6 Å². The van der Waals surface area contributed by atoms with Gasteiger partial charge in [-0.3, -0.25) is 0 Å². The molecule has 20 heavy (non-hydrogen) atoms. The molecule has 3 rings (SSSR count). The van der Waals surface area contributed by atoms with Crippen LogP contribution in [0.1, 0.15) is 25.5 Å². The standard InChI is InChI=1S/C16H16ClN3/c1-10(2)20-8-15(17)14-5-11(3)4-13(16(14)20)12-6-18-9-19-7-12/h4-10H,1-3H3. The second-order valence-corrected chi connectivity index (χ2v) is 5.72. The molecule has 3 nitrogen and oxygen atoms in total. The highest BCUT2D eigenvalue weighted by molar-refractivity contribution is 6.36. The van der Waals surface area contributed by atoms with Crippen molar-refractivity contribution in [1.82, 2.24) is 14.5 Å². The monoisotopic (exact) mass is 285 g/mol. The lowest BCUT2D eigenvalue weighted by molar-refractivity contribution is 0.623. The fourth-order valence-corrected chi connectivity index (χ4v) is 2.81. The van der Waals surface area contributed by atoms with Gasteiger partial charge in [0, 0.05) is 41.1 Å². The first-order chi connectivity index (χ1) is 9.58. The number of benzene rings is 1. The Labute approximate surface area is 123 Å². The van der Waals surface area contributed by atoms with Crippen LogP contribution in [0.5, 0.6) is 0 Å². The lowest BCUT2D eigenvalue weighted by atomic mass is 10.0. The first-order valence-electron chi connectivity index (χ1n) is 6.64. The van der Waals surface area contributed by atoms with Crippen LogP contribution in [0.2, 0.25) is 5.02 Å². The van der Waals surface area contributed by atoms with Gasteiger partial charge in [0.15, 0.2) is 0 Å². The van der Waals surface area contributed by atoms with Crippen molar-refractivity contribution >= 4 is 22.5 Å². The Hall–Kier alpha value is -1.87. The molecule has 0 spiro atoms. The second-order valence-electron chi connectivity index (χ2n) is 5.31. The van der Waals surface area contributed by atoms with Crippen LogP contribution < -0.4 is 0 Å². The first kappa shape index (κ1) is 13.1. The van der Waals surface area contributed by atoms with Crippen LogP contribution >= 0.6 is 11.6 Å². The number of fused-ring (bicyclic) bond motifs is 1. The molecule has 0 saturated heterocycles. The van der Waals surface area contributed by atoms with Crippen LogP contribution in [0.3, 0.4) is 0 Å². The van der Waals surface area contributed by atoms with Crippen molar-refractivity contribution in [3.05, 3.63) is 47.6 Å². The van der Waals surface area contributed by atoms with Crippen molar-refractivity contribution in [3.8, 4) is 11.1 Å². The highest BCUT2D eigenvalue weighted by atomic mass is 35.5. The molecule has 0 aliphatic carbocycles. The van der Waals surface area contributed by atoms with Gasteiger partial charge in [0.05, 0.1) is 10.5 Å². The van der Waals surface area contributed by atoms with Crippen LogP contribution in [-0.2, 0) is 0 Å². The van der Waals surface area contributed by atoms with Crippen LogP contribution in [-0.4, -0.2) is 14.5 Å². The maximum atomic E-state index is 6.40. The summed E-state index contributed by atoms with van der Waals surface area (Å²) in [6.45, 7) is 6.39. The average Bonchev–Trinajstić information content (AvgIpc) is 2.77. The Morgan fingerprint density at radius 3 is 2.50 bits per heavy atom. The molecule has 0 fully saturated rings. The van der Waals surface area contributed by atoms with Crippen molar-refractivity contribution < 1.29 is 0 Å². The summed E-state index contributed by atoms with van der Waals surface area (Å²) < 4.78 is 2.21. The zero-order chi connectivity index (χ0) is 14.3. The van der Waals surface area contributed by atoms with Gasteiger partial charge in [-0.15, -0.1) is 0 Å². The van der Waals surface area contributed by atoms with Gasteiger partial charge in [-0.05, 0) is 38.5 Å². The van der Waals surface area contributed by atoms with Crippen molar-refractivity contribution in [2.75, 3.05) is 0 Å². The third-order valence-electron chi connectivity index (χ3n) is 3.45. The molecule has 0 aliphatic heterocycles. The lowest BCUT2D eigenvalue weighted by Crippen LogP contribution is -2.00. The minimum absolute atomic E-state index is 0.344. The predicted octanol–water partition coefficient (Wildman–Crippen LogP) is 4.64. The maximum Gasteiger partial charge on any atom is 0.115 e. The van der Waals surface area contributed by atoms with Gasteiger partial charge >= 0.3 is 0 Å². The summed E-state index contributed by atoms with van der Waals surface area (Å²) in [7, 11) is 0. The Morgan fingerprint density at radius 2 is 1.85 bits per heavy atom. The summed E-state index contributed by atoms with van der Waals surface area (Å²) in [5.41, 5.74) is 4.46. The Kier molecular flexibility index (Phi) is 3.22. The zero-order valence-electron chi connectivity index (χ0n) is 11.8. The third-order valence-corrected chi connectivity index (χ3v) is 3.75. The van der Waals surface area contributed by atoms with E-state index in [9.17, 15) is 0 Å². The van der Waals surface area contributed by atoms with Gasteiger partial charge < -0.3 is 4.57 Å². The fourth-order valence-electron chi connectivity index (χ4n) is 2.56. The molecule has 1 aromatic carbocycles. The van der Waals surface area contributed by atoms with Crippen molar-refractivity contribution in [2.24, 2.45) is 0 Å². The van der Waals surface area contributed by atoms with Gasteiger partial charge in [0.2, 0.25) is 0 Å². The van der Waals surface area contributed by atoms with Crippen molar-refractivity contribution in [2.45, 2.75) is 26.8 Å². The number of halogens is 1. The summed E-state index contributed by atoms with van der Waals surface area (Å²) in [4.78, 5) is 8.25. The lowest BCUT2D eigenvalue weighted by Gasteiger charge is -2.13. The van der Waals surface area contributed by atoms with E-state index < -0.39 is 0 Å². The minimum Gasteiger partial charge on any atom is -0.343 e. The Bertz CT molecular complexity index is 760. The zero-order valence-corrected chi connectivity index (χ0v) is 12.5. The van der Waals surface area contributed by atoms with Crippen LogP contribution in [0.15, 0.2) is 37.1 Å². The first-order valence-corrected chi connectivity index (χ1v) is 7.02. The second kappa shape index (κ2) is 4.91. The summed E-state index contributed by atoms with van der Waals surface area (Å²) in [6, 6.07) is 4.64. The number of rotatable bonds is 2. The van der Waals surface area contributed by atoms with E-state index in [-0.39, 0.29) is 0 Å². The summed E-state index contributed by atoms with van der Waals surface area (Å²) >= 11 is 6.40. The molecule has 2 aromatic heterocycles. The maximum absolute atomic E-state index is 6.40. The fraction of sp³-hybridized carbons (Fsp3) is 0.250. The molecule has 0 saturated carbocycles. The van der Waals surface area contributed by atoms with Crippen LogP contribution in [0.4, 0.5) is 0 Å². The molecule has 0 atom stereocenters. The number of hydrogen-bond acceptors (Lipinski definition) is 2. The summed E-state index contributed by atoms with van der Waals surface area (Å²) in [5, 5.41) is 1.87. The van der Waals surface area contributed by atoms with E-state index in [1.807, 2.05) is 18.6 Å². The van der Waals surface area contributed by atoms with Gasteiger partial charge in [0.25, 0.3) is 0 Å². The molecule has 2 heterocycles. The topological polar surface area (TPSA) is 30.7 Å². The van der Waals surface area contributed by atoms with Gasteiger partial charge in [0.1, 0.15) is 6.33 Å². The molecule has 4 heteroatoms. The predicted molar refractivity (Wildman–Crippen MR) is 83.1 cm³/mol. The van der Waals surface area contributed by atoms with Crippen molar-refractivity contribution in [1.29, 1.82) is 0 Å². The molecular weight excluding hydrogens is 270 g/mol. The Morgan fingerprint density at radius 1 is 1.15 bits per heavy atom. The molecule has 0 aliphatic rings. The Balaban J connectivity index is 2.41. The van der Waals surface area contributed by atoms with Crippen LogP contribution in [0.25, 0.3) is 22.0 Å². The molecule has 102 valence electrons. The normalized spacial score (nSPS) is 11.4. The summed E-state index contributed by atoms with van der Waals surface area (Å²) in [6.07, 6.45) is 7.23. The quantitative estimate of drug-likeness (QED) is 0.687. The van der Waals surface area contributed by atoms with Gasteiger partial charge in [-0.25, -0.2) is 9.97 Å². The van der Waals surface area contributed by atoms with Crippen LogP contribution in [0, 0.1) is 6.92 Å². The van der Waals surface area contributed by atoms with Crippen molar-refractivity contribution in [3.63, 3.8) is 0 Å².